The van der Waals surface area contributed by atoms with Crippen molar-refractivity contribution in [2.45, 2.75) is 58.5 Å². The lowest BCUT2D eigenvalue weighted by molar-refractivity contribution is 0.0529. The molecular formula is C18H37IN4O3. The number of rotatable bonds is 8. The molecule has 0 unspecified atom stereocenters. The normalized spacial score (nSPS) is 16.6. The Morgan fingerprint density at radius 3 is 2.27 bits per heavy atom. The van der Waals surface area contributed by atoms with E-state index in [-0.39, 0.29) is 24.0 Å². The molecule has 0 heterocycles. The lowest BCUT2D eigenvalue weighted by Gasteiger charge is -2.30. The Morgan fingerprint density at radius 2 is 1.73 bits per heavy atom. The maximum absolute atomic E-state index is 11.6. The molecule has 3 N–H and O–H groups in total. The molecule has 1 fully saturated rings. The molecule has 154 valence electrons. The van der Waals surface area contributed by atoms with E-state index >= 15 is 0 Å². The smallest absolute Gasteiger partial charge is 0.407 e. The summed E-state index contributed by atoms with van der Waals surface area (Å²) in [5, 5.41) is 9.38. The number of carbonyl (C=O) groups is 1. The summed E-state index contributed by atoms with van der Waals surface area (Å²) in [6.07, 6.45) is 5.73. The molecule has 8 heteroatoms. The van der Waals surface area contributed by atoms with E-state index in [9.17, 15) is 4.79 Å². The summed E-state index contributed by atoms with van der Waals surface area (Å²) in [5.74, 6) is 0.759. The number of nitrogens with zero attached hydrogens (tertiary/aromatic N) is 1. The number of aliphatic imine (C=N–C) groups is 1. The minimum absolute atomic E-state index is 0. The van der Waals surface area contributed by atoms with Gasteiger partial charge in [0.2, 0.25) is 0 Å². The standard InChI is InChI=1S/C18H36N4O3.HI/c1-17(2,3)25-16(23)21-12-11-20-15(19-4)22-14-18(10-13-24-5)8-6-7-9-18;/h6-14H2,1-5H3,(H,21,23)(H2,19,20,22);1H. The van der Waals surface area contributed by atoms with Crippen LogP contribution in [-0.2, 0) is 9.47 Å². The van der Waals surface area contributed by atoms with Gasteiger partial charge in [0.25, 0.3) is 0 Å². The van der Waals surface area contributed by atoms with Gasteiger partial charge in [-0.15, -0.1) is 24.0 Å². The Bertz CT molecular complexity index is 433. The van der Waals surface area contributed by atoms with Crippen LogP contribution in [0, 0.1) is 5.41 Å². The van der Waals surface area contributed by atoms with E-state index in [4.69, 9.17) is 9.47 Å². The highest BCUT2D eigenvalue weighted by atomic mass is 127. The summed E-state index contributed by atoms with van der Waals surface area (Å²) in [6, 6.07) is 0. The van der Waals surface area contributed by atoms with Crippen molar-refractivity contribution in [2.24, 2.45) is 10.4 Å². The molecule has 1 saturated carbocycles. The van der Waals surface area contributed by atoms with E-state index in [0.29, 0.717) is 18.5 Å². The molecule has 0 aromatic carbocycles. The number of guanidine groups is 1. The second-order valence-electron chi connectivity index (χ2n) is 7.73. The molecule has 7 nitrogen and oxygen atoms in total. The molecule has 1 aliphatic rings. The average molecular weight is 484 g/mol. The summed E-state index contributed by atoms with van der Waals surface area (Å²) in [5.41, 5.74) is -0.171. The maximum atomic E-state index is 11.6. The van der Waals surface area contributed by atoms with Crippen LogP contribution in [0.25, 0.3) is 0 Å². The van der Waals surface area contributed by atoms with Gasteiger partial charge in [0.1, 0.15) is 5.60 Å². The van der Waals surface area contributed by atoms with Crippen LogP contribution in [0.15, 0.2) is 4.99 Å². The molecule has 0 radical (unpaired) electrons. The van der Waals surface area contributed by atoms with Crippen molar-refractivity contribution in [3.05, 3.63) is 0 Å². The number of amides is 1. The quantitative estimate of drug-likeness (QED) is 0.214. The van der Waals surface area contributed by atoms with Crippen molar-refractivity contribution >= 4 is 36.0 Å². The van der Waals surface area contributed by atoms with Crippen LogP contribution in [0.4, 0.5) is 4.79 Å². The van der Waals surface area contributed by atoms with Gasteiger partial charge in [-0.25, -0.2) is 4.79 Å². The van der Waals surface area contributed by atoms with E-state index in [1.54, 1.807) is 14.2 Å². The number of ether oxygens (including phenoxy) is 2. The minimum atomic E-state index is -0.479. The summed E-state index contributed by atoms with van der Waals surface area (Å²) in [6.45, 7) is 8.30. The van der Waals surface area contributed by atoms with E-state index in [0.717, 1.165) is 25.5 Å². The Morgan fingerprint density at radius 1 is 1.12 bits per heavy atom. The summed E-state index contributed by atoms with van der Waals surface area (Å²) in [7, 11) is 3.52. The summed E-state index contributed by atoms with van der Waals surface area (Å²) < 4.78 is 10.5. The van der Waals surface area contributed by atoms with Crippen LogP contribution in [0.5, 0.6) is 0 Å². The van der Waals surface area contributed by atoms with Crippen molar-refractivity contribution in [3.8, 4) is 0 Å². The number of hydrogen-bond acceptors (Lipinski definition) is 4. The maximum Gasteiger partial charge on any atom is 0.407 e. The van der Waals surface area contributed by atoms with Crippen molar-refractivity contribution in [3.63, 3.8) is 0 Å². The zero-order valence-corrected chi connectivity index (χ0v) is 19.3. The predicted molar refractivity (Wildman–Crippen MR) is 116 cm³/mol. The summed E-state index contributed by atoms with van der Waals surface area (Å²) in [4.78, 5) is 15.9. The number of methoxy groups -OCH3 is 1. The van der Waals surface area contributed by atoms with Crippen LogP contribution < -0.4 is 16.0 Å². The fourth-order valence-corrected chi connectivity index (χ4v) is 3.11. The highest BCUT2D eigenvalue weighted by molar-refractivity contribution is 14.0. The summed E-state index contributed by atoms with van der Waals surface area (Å²) >= 11 is 0. The lowest BCUT2D eigenvalue weighted by Crippen LogP contribution is -2.45. The minimum Gasteiger partial charge on any atom is -0.444 e. The third kappa shape index (κ3) is 10.4. The molecular weight excluding hydrogens is 447 g/mol. The van der Waals surface area contributed by atoms with Gasteiger partial charge < -0.3 is 25.4 Å². The molecule has 1 aliphatic carbocycles. The van der Waals surface area contributed by atoms with Crippen LogP contribution in [-0.4, -0.2) is 58.1 Å². The number of nitrogens with one attached hydrogen (secondary N) is 3. The first-order chi connectivity index (χ1) is 11.8. The number of carbonyl (C=O) groups excluding carboxylic acids is 1. The topological polar surface area (TPSA) is 84.0 Å². The van der Waals surface area contributed by atoms with Gasteiger partial charge in [-0.2, -0.15) is 0 Å². The van der Waals surface area contributed by atoms with Crippen LogP contribution >= 0.6 is 24.0 Å². The zero-order valence-electron chi connectivity index (χ0n) is 16.9. The number of alkyl carbamates (subject to hydrolysis) is 1. The molecule has 1 rings (SSSR count). The van der Waals surface area contributed by atoms with E-state index in [1.807, 2.05) is 20.8 Å². The zero-order chi connectivity index (χ0) is 18.8. The van der Waals surface area contributed by atoms with Gasteiger partial charge in [0.05, 0.1) is 0 Å². The molecule has 0 bridgehead atoms. The van der Waals surface area contributed by atoms with Gasteiger partial charge in [0.15, 0.2) is 5.96 Å². The van der Waals surface area contributed by atoms with E-state index in [1.165, 1.54) is 25.7 Å². The van der Waals surface area contributed by atoms with Gasteiger partial charge in [-0.1, -0.05) is 12.8 Å². The Balaban J connectivity index is 0.00000625. The largest absolute Gasteiger partial charge is 0.444 e. The molecule has 0 saturated heterocycles. The monoisotopic (exact) mass is 484 g/mol. The second kappa shape index (κ2) is 12.6. The number of halogens is 1. The molecule has 0 spiro atoms. The fraction of sp³-hybridized carbons (Fsp3) is 0.889. The molecule has 1 amide bonds. The SMILES string of the molecule is CN=C(NCCNC(=O)OC(C)(C)C)NCC1(CCOC)CCCC1.I. The van der Waals surface area contributed by atoms with Crippen LogP contribution in [0.1, 0.15) is 52.9 Å². The lowest BCUT2D eigenvalue weighted by atomic mass is 9.83. The van der Waals surface area contributed by atoms with E-state index < -0.39 is 11.7 Å². The Labute approximate surface area is 175 Å². The first-order valence-electron chi connectivity index (χ1n) is 9.20. The van der Waals surface area contributed by atoms with Gasteiger partial charge in [0, 0.05) is 40.4 Å². The molecule has 0 aromatic rings. The predicted octanol–water partition coefficient (Wildman–Crippen LogP) is 2.89. The third-order valence-electron chi connectivity index (χ3n) is 4.44. The van der Waals surface area contributed by atoms with Crippen molar-refractivity contribution in [1.82, 2.24) is 16.0 Å². The van der Waals surface area contributed by atoms with Crippen molar-refractivity contribution in [2.75, 3.05) is 40.4 Å². The average Bonchev–Trinajstić information content (AvgIpc) is 3.00. The first kappa shape index (κ1) is 25.2. The van der Waals surface area contributed by atoms with Crippen molar-refractivity contribution in [1.29, 1.82) is 0 Å². The van der Waals surface area contributed by atoms with Crippen molar-refractivity contribution < 1.29 is 14.3 Å². The number of hydrogen-bond donors (Lipinski definition) is 3. The highest BCUT2D eigenvalue weighted by Gasteiger charge is 2.33. The second-order valence-corrected chi connectivity index (χ2v) is 7.73. The third-order valence-corrected chi connectivity index (χ3v) is 4.44. The Kier molecular flexibility index (Phi) is 12.2. The van der Waals surface area contributed by atoms with Gasteiger partial charge in [-0.3, -0.25) is 4.99 Å². The fourth-order valence-electron chi connectivity index (χ4n) is 3.11. The Hall–Kier alpha value is -0.770. The molecule has 0 aromatic heterocycles. The van der Waals surface area contributed by atoms with E-state index in [2.05, 4.69) is 20.9 Å². The van der Waals surface area contributed by atoms with Crippen LogP contribution in [0.2, 0.25) is 0 Å². The van der Waals surface area contributed by atoms with Gasteiger partial charge >= 0.3 is 6.09 Å². The molecule has 0 atom stereocenters. The van der Waals surface area contributed by atoms with Crippen LogP contribution in [0.3, 0.4) is 0 Å². The molecule has 26 heavy (non-hydrogen) atoms. The first-order valence-corrected chi connectivity index (χ1v) is 9.20. The molecule has 0 aliphatic heterocycles. The highest BCUT2D eigenvalue weighted by Crippen LogP contribution is 2.40. The van der Waals surface area contributed by atoms with Gasteiger partial charge in [-0.05, 0) is 45.4 Å².